The van der Waals surface area contributed by atoms with Gasteiger partial charge in [-0.25, -0.2) is 0 Å². The quantitative estimate of drug-likeness (QED) is 0.801. The van der Waals surface area contributed by atoms with E-state index in [2.05, 4.69) is 46.6 Å². The topological polar surface area (TPSA) is 33.7 Å². The normalized spacial score (nSPS) is 15.1. The maximum Gasteiger partial charge on any atom is 0.122 e. The number of hydrogen-bond acceptors (Lipinski definition) is 4. The summed E-state index contributed by atoms with van der Waals surface area (Å²) in [6.45, 7) is 6.12. The third kappa shape index (κ3) is 5.48. The van der Waals surface area contributed by atoms with E-state index in [4.69, 9.17) is 9.47 Å². The predicted octanol–water partition coefficient (Wildman–Crippen LogP) is 2.76. The molecule has 1 saturated heterocycles. The van der Waals surface area contributed by atoms with Crippen LogP contribution in [0.2, 0.25) is 0 Å². The van der Waals surface area contributed by atoms with Crippen LogP contribution in [0.1, 0.15) is 11.1 Å². The molecule has 1 aliphatic rings. The molecular weight excluding hydrogens is 312 g/mol. The summed E-state index contributed by atoms with van der Waals surface area (Å²) in [5, 5.41) is 3.38. The van der Waals surface area contributed by atoms with Gasteiger partial charge in [0.2, 0.25) is 0 Å². The highest BCUT2D eigenvalue weighted by atomic mass is 16.5. The van der Waals surface area contributed by atoms with Gasteiger partial charge in [0.25, 0.3) is 0 Å². The third-order valence-electron chi connectivity index (χ3n) is 4.66. The molecule has 0 aromatic heterocycles. The van der Waals surface area contributed by atoms with E-state index >= 15 is 0 Å². The van der Waals surface area contributed by atoms with Crippen LogP contribution < -0.4 is 14.8 Å². The van der Waals surface area contributed by atoms with Gasteiger partial charge in [-0.05, 0) is 42.2 Å². The van der Waals surface area contributed by atoms with Gasteiger partial charge in [0.1, 0.15) is 18.1 Å². The largest absolute Gasteiger partial charge is 0.497 e. The molecule has 0 aliphatic carbocycles. The molecular formula is C21H28N2O2. The summed E-state index contributed by atoms with van der Waals surface area (Å²) in [6, 6.07) is 16.7. The Balaban J connectivity index is 1.53. The Kier molecular flexibility index (Phi) is 6.71. The first-order valence-corrected chi connectivity index (χ1v) is 9.12. The lowest BCUT2D eigenvalue weighted by Gasteiger charge is -2.27. The smallest absolute Gasteiger partial charge is 0.122 e. The molecule has 134 valence electrons. The third-order valence-corrected chi connectivity index (χ3v) is 4.66. The van der Waals surface area contributed by atoms with Crippen LogP contribution >= 0.6 is 0 Å². The minimum atomic E-state index is 0.746. The van der Waals surface area contributed by atoms with Crippen LogP contribution in [-0.4, -0.2) is 51.3 Å². The number of aryl methyl sites for hydroxylation is 2. The average molecular weight is 340 g/mol. The molecule has 25 heavy (non-hydrogen) atoms. The van der Waals surface area contributed by atoms with Gasteiger partial charge >= 0.3 is 0 Å². The number of piperazine rings is 1. The van der Waals surface area contributed by atoms with Gasteiger partial charge < -0.3 is 14.8 Å². The fourth-order valence-corrected chi connectivity index (χ4v) is 3.18. The zero-order chi connectivity index (χ0) is 17.3. The molecule has 1 aliphatic heterocycles. The summed E-state index contributed by atoms with van der Waals surface area (Å²) >= 11 is 0. The maximum absolute atomic E-state index is 6.09. The molecule has 2 aromatic carbocycles. The van der Waals surface area contributed by atoms with Crippen molar-refractivity contribution >= 4 is 0 Å². The minimum absolute atomic E-state index is 0.746. The molecule has 0 atom stereocenters. The van der Waals surface area contributed by atoms with E-state index in [-0.39, 0.29) is 0 Å². The van der Waals surface area contributed by atoms with Crippen molar-refractivity contribution in [3.05, 3.63) is 59.7 Å². The molecule has 2 aromatic rings. The number of benzene rings is 2. The molecule has 0 radical (unpaired) electrons. The van der Waals surface area contributed by atoms with E-state index in [9.17, 15) is 0 Å². The lowest BCUT2D eigenvalue weighted by Crippen LogP contribution is -2.44. The van der Waals surface area contributed by atoms with E-state index in [1.807, 2.05) is 12.1 Å². The zero-order valence-corrected chi connectivity index (χ0v) is 15.0. The fraction of sp³-hybridized carbons (Fsp3) is 0.429. The van der Waals surface area contributed by atoms with E-state index in [1.165, 1.54) is 11.1 Å². The second kappa shape index (κ2) is 9.44. The summed E-state index contributed by atoms with van der Waals surface area (Å²) in [5.41, 5.74) is 2.56. The minimum Gasteiger partial charge on any atom is -0.497 e. The summed E-state index contributed by atoms with van der Waals surface area (Å²) < 4.78 is 11.4. The second-order valence-corrected chi connectivity index (χ2v) is 6.40. The van der Waals surface area contributed by atoms with Crippen molar-refractivity contribution in [1.29, 1.82) is 0 Å². The molecule has 3 rings (SSSR count). The summed E-state index contributed by atoms with van der Waals surface area (Å²) in [4.78, 5) is 2.45. The van der Waals surface area contributed by atoms with E-state index in [0.29, 0.717) is 0 Å². The molecule has 4 nitrogen and oxygen atoms in total. The lowest BCUT2D eigenvalue weighted by molar-refractivity contribution is 0.190. The SMILES string of the molecule is COc1cccc(CCc2ccccc2OCCN2CCNCC2)c1. The number of ether oxygens (including phenoxy) is 2. The molecule has 1 fully saturated rings. The highest BCUT2D eigenvalue weighted by Crippen LogP contribution is 2.21. The van der Waals surface area contributed by atoms with Gasteiger partial charge in [-0.2, -0.15) is 0 Å². The molecule has 4 heteroatoms. The van der Waals surface area contributed by atoms with Crippen LogP contribution in [-0.2, 0) is 12.8 Å². The molecule has 1 heterocycles. The first kappa shape index (κ1) is 17.8. The maximum atomic E-state index is 6.09. The van der Waals surface area contributed by atoms with E-state index in [1.54, 1.807) is 7.11 Å². The first-order valence-electron chi connectivity index (χ1n) is 9.12. The molecule has 1 N–H and O–H groups in total. The lowest BCUT2D eigenvalue weighted by atomic mass is 10.0. The van der Waals surface area contributed by atoms with Gasteiger partial charge in [-0.3, -0.25) is 4.90 Å². The monoisotopic (exact) mass is 340 g/mol. The fourth-order valence-electron chi connectivity index (χ4n) is 3.18. The van der Waals surface area contributed by atoms with Crippen molar-refractivity contribution in [1.82, 2.24) is 10.2 Å². The number of nitrogens with one attached hydrogen (secondary N) is 1. The van der Waals surface area contributed by atoms with Gasteiger partial charge in [0.15, 0.2) is 0 Å². The molecule has 0 bridgehead atoms. The Hall–Kier alpha value is -2.04. The number of para-hydroxylation sites is 1. The Morgan fingerprint density at radius 3 is 2.68 bits per heavy atom. The first-order chi connectivity index (χ1) is 12.3. The summed E-state index contributed by atoms with van der Waals surface area (Å²) in [5.74, 6) is 1.93. The van der Waals surface area contributed by atoms with Crippen LogP contribution in [0.25, 0.3) is 0 Å². The Morgan fingerprint density at radius 1 is 1.00 bits per heavy atom. The number of rotatable bonds is 8. The van der Waals surface area contributed by atoms with Crippen molar-refractivity contribution in [2.75, 3.05) is 46.4 Å². The van der Waals surface area contributed by atoms with Gasteiger partial charge in [0.05, 0.1) is 7.11 Å². The predicted molar refractivity (Wildman–Crippen MR) is 102 cm³/mol. The van der Waals surface area contributed by atoms with Gasteiger partial charge in [-0.15, -0.1) is 0 Å². The highest BCUT2D eigenvalue weighted by Gasteiger charge is 2.10. The molecule has 0 spiro atoms. The van der Waals surface area contributed by atoms with Crippen LogP contribution in [0, 0.1) is 0 Å². The number of nitrogens with zero attached hydrogens (tertiary/aromatic N) is 1. The molecule has 0 unspecified atom stereocenters. The van der Waals surface area contributed by atoms with E-state index in [0.717, 1.165) is 63.7 Å². The van der Waals surface area contributed by atoms with Crippen molar-refractivity contribution in [3.8, 4) is 11.5 Å². The zero-order valence-electron chi connectivity index (χ0n) is 15.0. The van der Waals surface area contributed by atoms with Gasteiger partial charge in [-0.1, -0.05) is 30.3 Å². The molecule has 0 saturated carbocycles. The Morgan fingerprint density at radius 2 is 1.84 bits per heavy atom. The highest BCUT2D eigenvalue weighted by molar-refractivity contribution is 5.35. The number of methoxy groups -OCH3 is 1. The summed E-state index contributed by atoms with van der Waals surface area (Å²) in [7, 11) is 1.71. The standard InChI is InChI=1S/C21H28N2O2/c1-24-20-7-4-5-18(17-20)9-10-19-6-2-3-8-21(19)25-16-15-23-13-11-22-12-14-23/h2-8,17,22H,9-16H2,1H3. The van der Waals surface area contributed by atoms with Crippen molar-refractivity contribution in [2.45, 2.75) is 12.8 Å². The van der Waals surface area contributed by atoms with Gasteiger partial charge in [0, 0.05) is 32.7 Å². The number of hydrogen-bond donors (Lipinski definition) is 1. The average Bonchev–Trinajstić information content (AvgIpc) is 2.68. The second-order valence-electron chi connectivity index (χ2n) is 6.40. The van der Waals surface area contributed by atoms with Crippen molar-refractivity contribution in [3.63, 3.8) is 0 Å². The molecule has 0 amide bonds. The van der Waals surface area contributed by atoms with Crippen LogP contribution in [0.5, 0.6) is 11.5 Å². The Labute approximate surface area is 150 Å². The van der Waals surface area contributed by atoms with Crippen LogP contribution in [0.15, 0.2) is 48.5 Å². The van der Waals surface area contributed by atoms with Crippen molar-refractivity contribution in [2.24, 2.45) is 0 Å². The summed E-state index contributed by atoms with van der Waals surface area (Å²) in [6.07, 6.45) is 1.95. The Bertz CT molecular complexity index is 654. The van der Waals surface area contributed by atoms with E-state index < -0.39 is 0 Å². The van der Waals surface area contributed by atoms with Crippen molar-refractivity contribution < 1.29 is 9.47 Å². The van der Waals surface area contributed by atoms with Crippen LogP contribution in [0.4, 0.5) is 0 Å². The van der Waals surface area contributed by atoms with Crippen LogP contribution in [0.3, 0.4) is 0 Å².